The fourth-order valence-electron chi connectivity index (χ4n) is 3.88. The smallest absolute Gasteiger partial charge is 0.239 e. The van der Waals surface area contributed by atoms with Crippen LogP contribution in [-0.4, -0.2) is 17.5 Å². The molecule has 3 rings (SSSR count). The van der Waals surface area contributed by atoms with E-state index in [1.54, 1.807) is 24.3 Å². The second-order valence-corrected chi connectivity index (χ2v) is 6.75. The molecular weight excluding hydrogens is 290 g/mol. The molecule has 1 amide bonds. The van der Waals surface area contributed by atoms with Crippen LogP contribution in [0.2, 0.25) is 5.02 Å². The van der Waals surface area contributed by atoms with E-state index in [1.807, 2.05) is 13.8 Å². The number of para-hydroxylation sites is 1. The van der Waals surface area contributed by atoms with Gasteiger partial charge in [-0.05, 0) is 30.4 Å². The van der Waals surface area contributed by atoms with E-state index in [-0.39, 0.29) is 5.92 Å². The molecule has 5 heteroatoms. The Morgan fingerprint density at radius 2 is 1.95 bits per heavy atom. The molecule has 1 aromatic rings. The van der Waals surface area contributed by atoms with E-state index >= 15 is 0 Å². The SMILES string of the molecule is CC1(C)C2CCC1(C(=O)Nc1ccccc1Cl)C(=O)C2=O. The number of amides is 1. The van der Waals surface area contributed by atoms with Crippen molar-refractivity contribution in [2.75, 3.05) is 5.32 Å². The van der Waals surface area contributed by atoms with Crippen LogP contribution in [0.1, 0.15) is 26.7 Å². The lowest BCUT2D eigenvalue weighted by molar-refractivity contribution is -0.147. The first-order chi connectivity index (χ1) is 9.82. The highest BCUT2D eigenvalue weighted by atomic mass is 35.5. The maximum atomic E-state index is 12.8. The summed E-state index contributed by atoms with van der Waals surface area (Å²) >= 11 is 6.04. The van der Waals surface area contributed by atoms with E-state index < -0.39 is 28.3 Å². The number of benzene rings is 1. The van der Waals surface area contributed by atoms with Crippen LogP contribution in [0.15, 0.2) is 24.3 Å². The van der Waals surface area contributed by atoms with Crippen molar-refractivity contribution >= 4 is 34.8 Å². The number of nitrogens with one attached hydrogen (secondary N) is 1. The lowest BCUT2D eigenvalue weighted by Gasteiger charge is -2.33. The summed E-state index contributed by atoms with van der Waals surface area (Å²) in [6, 6.07) is 6.86. The van der Waals surface area contributed by atoms with Gasteiger partial charge < -0.3 is 5.32 Å². The zero-order valence-corrected chi connectivity index (χ0v) is 12.7. The summed E-state index contributed by atoms with van der Waals surface area (Å²) in [5.41, 5.74) is -1.44. The molecular formula is C16H16ClNO3. The molecule has 2 aliphatic rings. The van der Waals surface area contributed by atoms with Crippen LogP contribution in [0.5, 0.6) is 0 Å². The summed E-state index contributed by atoms with van der Waals surface area (Å²) < 4.78 is 0. The highest BCUT2D eigenvalue weighted by Crippen LogP contribution is 2.62. The molecule has 0 spiro atoms. The minimum absolute atomic E-state index is 0.345. The van der Waals surface area contributed by atoms with Gasteiger partial charge >= 0.3 is 0 Å². The van der Waals surface area contributed by atoms with E-state index in [2.05, 4.69) is 5.32 Å². The molecule has 2 bridgehead atoms. The van der Waals surface area contributed by atoms with E-state index in [0.717, 1.165) is 0 Å². The van der Waals surface area contributed by atoms with Crippen molar-refractivity contribution in [2.24, 2.45) is 16.7 Å². The molecule has 0 saturated heterocycles. The Kier molecular flexibility index (Phi) is 2.99. The minimum atomic E-state index is -1.26. The number of Topliss-reactive ketones (excluding diaryl/α,β-unsaturated/α-hetero) is 2. The topological polar surface area (TPSA) is 63.2 Å². The van der Waals surface area contributed by atoms with Crippen molar-refractivity contribution < 1.29 is 14.4 Å². The molecule has 2 saturated carbocycles. The molecule has 0 heterocycles. The maximum Gasteiger partial charge on any atom is 0.239 e. The molecule has 110 valence electrons. The Morgan fingerprint density at radius 3 is 2.52 bits per heavy atom. The normalized spacial score (nSPS) is 29.8. The number of halogens is 1. The monoisotopic (exact) mass is 305 g/mol. The molecule has 1 aromatic carbocycles. The van der Waals surface area contributed by atoms with Gasteiger partial charge in [0.15, 0.2) is 0 Å². The Balaban J connectivity index is 1.99. The van der Waals surface area contributed by atoms with Crippen LogP contribution in [-0.2, 0) is 14.4 Å². The highest BCUT2D eigenvalue weighted by Gasteiger charge is 2.72. The van der Waals surface area contributed by atoms with Crippen LogP contribution in [0.4, 0.5) is 5.69 Å². The number of carbonyl (C=O) groups excluding carboxylic acids is 3. The summed E-state index contributed by atoms with van der Waals surface area (Å²) in [4.78, 5) is 37.2. The molecule has 4 nitrogen and oxygen atoms in total. The molecule has 21 heavy (non-hydrogen) atoms. The summed E-state index contributed by atoms with van der Waals surface area (Å²) in [6.45, 7) is 3.67. The van der Waals surface area contributed by atoms with E-state index in [9.17, 15) is 14.4 Å². The van der Waals surface area contributed by atoms with Gasteiger partial charge in [0.2, 0.25) is 17.5 Å². The first kappa shape index (κ1) is 14.3. The number of carbonyl (C=O) groups is 3. The van der Waals surface area contributed by atoms with Gasteiger partial charge in [-0.2, -0.15) is 0 Å². The zero-order valence-electron chi connectivity index (χ0n) is 11.9. The van der Waals surface area contributed by atoms with Gasteiger partial charge in [0, 0.05) is 5.92 Å². The van der Waals surface area contributed by atoms with Crippen LogP contribution < -0.4 is 5.32 Å². The first-order valence-electron chi connectivity index (χ1n) is 6.97. The Bertz CT molecular complexity index is 667. The summed E-state index contributed by atoms with van der Waals surface area (Å²) in [7, 11) is 0. The molecule has 2 aliphatic carbocycles. The second-order valence-electron chi connectivity index (χ2n) is 6.35. The van der Waals surface area contributed by atoms with Crippen LogP contribution >= 0.6 is 11.6 Å². The Hall–Kier alpha value is -1.68. The van der Waals surface area contributed by atoms with Crippen molar-refractivity contribution in [1.29, 1.82) is 0 Å². The third kappa shape index (κ3) is 1.65. The van der Waals surface area contributed by atoms with Gasteiger partial charge in [0.1, 0.15) is 5.41 Å². The molecule has 2 fully saturated rings. The number of hydrogen-bond donors (Lipinski definition) is 1. The molecule has 2 unspecified atom stereocenters. The fourth-order valence-corrected chi connectivity index (χ4v) is 4.06. The predicted octanol–water partition coefficient (Wildman–Crippen LogP) is 2.85. The van der Waals surface area contributed by atoms with E-state index in [0.29, 0.717) is 23.6 Å². The number of hydrogen-bond acceptors (Lipinski definition) is 3. The maximum absolute atomic E-state index is 12.8. The minimum Gasteiger partial charge on any atom is -0.324 e. The van der Waals surface area contributed by atoms with Crippen molar-refractivity contribution in [2.45, 2.75) is 26.7 Å². The van der Waals surface area contributed by atoms with Crippen LogP contribution in [0.25, 0.3) is 0 Å². The van der Waals surface area contributed by atoms with Crippen LogP contribution in [0, 0.1) is 16.7 Å². The zero-order chi connectivity index (χ0) is 15.4. The Morgan fingerprint density at radius 1 is 1.29 bits per heavy atom. The lowest BCUT2D eigenvalue weighted by atomic mass is 9.68. The predicted molar refractivity (Wildman–Crippen MR) is 79.0 cm³/mol. The fraction of sp³-hybridized carbons (Fsp3) is 0.438. The quantitative estimate of drug-likeness (QED) is 0.675. The van der Waals surface area contributed by atoms with Gasteiger partial charge in [0.25, 0.3) is 0 Å². The van der Waals surface area contributed by atoms with E-state index in [4.69, 9.17) is 11.6 Å². The van der Waals surface area contributed by atoms with Crippen molar-refractivity contribution in [3.8, 4) is 0 Å². The summed E-state index contributed by atoms with van der Waals surface area (Å²) in [6.07, 6.45) is 1.01. The molecule has 1 N–H and O–H groups in total. The standard InChI is InChI=1S/C16H16ClNO3/c1-15(2)9-7-8-16(15,13(20)12(9)19)14(21)18-11-6-4-3-5-10(11)17/h3-6,9H,7-8H2,1-2H3,(H,18,21). The molecule has 0 aliphatic heterocycles. The van der Waals surface area contributed by atoms with Crippen LogP contribution in [0.3, 0.4) is 0 Å². The number of anilines is 1. The number of fused-ring (bicyclic) bond motifs is 2. The van der Waals surface area contributed by atoms with Gasteiger partial charge in [-0.15, -0.1) is 0 Å². The van der Waals surface area contributed by atoms with Gasteiger partial charge in [-0.3, -0.25) is 14.4 Å². The van der Waals surface area contributed by atoms with Gasteiger partial charge in [0.05, 0.1) is 10.7 Å². The van der Waals surface area contributed by atoms with Crippen molar-refractivity contribution in [1.82, 2.24) is 0 Å². The van der Waals surface area contributed by atoms with Crippen molar-refractivity contribution in [3.05, 3.63) is 29.3 Å². The molecule has 2 atom stereocenters. The van der Waals surface area contributed by atoms with Gasteiger partial charge in [-0.1, -0.05) is 37.6 Å². The third-order valence-electron chi connectivity index (χ3n) is 5.22. The molecule has 0 aromatic heterocycles. The lowest BCUT2D eigenvalue weighted by Crippen LogP contribution is -2.47. The third-order valence-corrected chi connectivity index (χ3v) is 5.55. The second kappa shape index (κ2) is 4.41. The average molecular weight is 306 g/mol. The number of rotatable bonds is 2. The van der Waals surface area contributed by atoms with Gasteiger partial charge in [-0.25, -0.2) is 0 Å². The summed E-state index contributed by atoms with van der Waals surface area (Å²) in [5, 5.41) is 3.14. The van der Waals surface area contributed by atoms with Crippen molar-refractivity contribution in [3.63, 3.8) is 0 Å². The van der Waals surface area contributed by atoms with E-state index in [1.165, 1.54) is 0 Å². The number of ketones is 2. The molecule has 0 radical (unpaired) electrons. The summed E-state index contributed by atoms with van der Waals surface area (Å²) in [5.74, 6) is -1.71. The largest absolute Gasteiger partial charge is 0.324 e. The highest BCUT2D eigenvalue weighted by molar-refractivity contribution is 6.48. The first-order valence-corrected chi connectivity index (χ1v) is 7.35. The average Bonchev–Trinajstić information content (AvgIpc) is 2.78. The Labute approximate surface area is 127 Å².